The van der Waals surface area contributed by atoms with Gasteiger partial charge in [-0.3, -0.25) is 4.79 Å². The van der Waals surface area contributed by atoms with E-state index in [0.29, 0.717) is 0 Å². The monoisotopic (exact) mass is 334 g/mol. The van der Waals surface area contributed by atoms with Gasteiger partial charge in [-0.2, -0.15) is 0 Å². The van der Waals surface area contributed by atoms with E-state index in [4.69, 9.17) is 0 Å². The molecule has 1 aliphatic carbocycles. The van der Waals surface area contributed by atoms with Crippen molar-refractivity contribution in [3.8, 4) is 10.6 Å². The lowest BCUT2D eigenvalue weighted by Gasteiger charge is -2.16. The highest BCUT2D eigenvalue weighted by Gasteiger charge is 2.13. The van der Waals surface area contributed by atoms with Crippen molar-refractivity contribution in [3.05, 3.63) is 70.7 Å². The second-order valence-corrected chi connectivity index (χ2v) is 6.95. The van der Waals surface area contributed by atoms with Gasteiger partial charge in [-0.1, -0.05) is 6.07 Å². The lowest BCUT2D eigenvalue weighted by Crippen LogP contribution is -2.13. The number of amides is 1. The number of rotatable bonds is 3. The summed E-state index contributed by atoms with van der Waals surface area (Å²) in [4.78, 5) is 16.8. The third-order valence-electron chi connectivity index (χ3n) is 4.43. The Bertz CT molecular complexity index is 854. The maximum absolute atomic E-state index is 12.5. The van der Waals surface area contributed by atoms with Gasteiger partial charge in [0.2, 0.25) is 0 Å². The fourth-order valence-corrected chi connectivity index (χ4v) is 3.78. The van der Waals surface area contributed by atoms with Gasteiger partial charge in [0.1, 0.15) is 5.01 Å². The van der Waals surface area contributed by atoms with Crippen LogP contribution in [0.1, 0.15) is 34.3 Å². The zero-order valence-electron chi connectivity index (χ0n) is 13.3. The fourth-order valence-electron chi connectivity index (χ4n) is 3.14. The summed E-state index contributed by atoms with van der Waals surface area (Å²) in [5.74, 6) is -0.0506. The predicted octanol–water partition coefficient (Wildman–Crippen LogP) is 4.94. The Morgan fingerprint density at radius 1 is 1.00 bits per heavy atom. The first-order chi connectivity index (χ1) is 11.8. The van der Waals surface area contributed by atoms with Gasteiger partial charge in [0, 0.05) is 28.4 Å². The lowest BCUT2D eigenvalue weighted by atomic mass is 9.90. The molecule has 1 aliphatic rings. The first kappa shape index (κ1) is 15.1. The van der Waals surface area contributed by atoms with Crippen LogP contribution in [0, 0.1) is 0 Å². The van der Waals surface area contributed by atoms with Crippen LogP contribution in [-0.4, -0.2) is 10.9 Å². The highest BCUT2D eigenvalue weighted by molar-refractivity contribution is 7.13. The molecule has 0 aliphatic heterocycles. The Kier molecular flexibility index (Phi) is 4.13. The summed E-state index contributed by atoms with van der Waals surface area (Å²) in [6, 6.07) is 13.9. The van der Waals surface area contributed by atoms with Crippen molar-refractivity contribution < 1.29 is 4.79 Å². The highest BCUT2D eigenvalue weighted by Crippen LogP contribution is 2.25. The Morgan fingerprint density at radius 3 is 2.54 bits per heavy atom. The lowest BCUT2D eigenvalue weighted by molar-refractivity contribution is 0.102. The van der Waals surface area contributed by atoms with E-state index in [0.717, 1.165) is 34.7 Å². The highest BCUT2D eigenvalue weighted by atomic mass is 32.1. The molecular weight excluding hydrogens is 316 g/mol. The van der Waals surface area contributed by atoms with E-state index in [1.165, 1.54) is 24.0 Å². The number of hydrogen-bond donors (Lipinski definition) is 1. The molecule has 0 fully saturated rings. The number of hydrogen-bond acceptors (Lipinski definition) is 3. The molecule has 0 saturated carbocycles. The number of benzene rings is 2. The minimum Gasteiger partial charge on any atom is -0.322 e. The topological polar surface area (TPSA) is 42.0 Å². The zero-order valence-corrected chi connectivity index (χ0v) is 14.1. The molecule has 0 atom stereocenters. The number of thiazole rings is 1. The SMILES string of the molecule is O=C(Nc1ccc(-c2nccs2)cc1)c1ccc2c(c1)CCCC2. The molecule has 1 amide bonds. The largest absolute Gasteiger partial charge is 0.322 e. The summed E-state index contributed by atoms with van der Waals surface area (Å²) in [6.07, 6.45) is 6.49. The molecule has 2 aromatic carbocycles. The van der Waals surface area contributed by atoms with E-state index in [9.17, 15) is 4.79 Å². The maximum Gasteiger partial charge on any atom is 0.255 e. The van der Waals surface area contributed by atoms with E-state index in [1.807, 2.05) is 41.8 Å². The van der Waals surface area contributed by atoms with Crippen LogP contribution in [0.25, 0.3) is 10.6 Å². The number of carbonyl (C=O) groups excluding carboxylic acids is 1. The van der Waals surface area contributed by atoms with Gasteiger partial charge in [0.15, 0.2) is 0 Å². The Hall–Kier alpha value is -2.46. The van der Waals surface area contributed by atoms with Crippen molar-refractivity contribution in [1.82, 2.24) is 4.98 Å². The molecule has 3 aromatic rings. The second-order valence-electron chi connectivity index (χ2n) is 6.06. The van der Waals surface area contributed by atoms with E-state index in [-0.39, 0.29) is 5.91 Å². The van der Waals surface area contributed by atoms with E-state index in [2.05, 4.69) is 16.4 Å². The molecule has 0 radical (unpaired) electrons. The van der Waals surface area contributed by atoms with Gasteiger partial charge < -0.3 is 5.32 Å². The van der Waals surface area contributed by atoms with Gasteiger partial charge in [-0.15, -0.1) is 11.3 Å². The first-order valence-electron chi connectivity index (χ1n) is 8.23. The number of nitrogens with one attached hydrogen (secondary N) is 1. The summed E-state index contributed by atoms with van der Waals surface area (Å²) in [7, 11) is 0. The minimum absolute atomic E-state index is 0.0506. The molecular formula is C20H18N2OS. The molecule has 4 heteroatoms. The number of aryl methyl sites for hydroxylation is 2. The standard InChI is InChI=1S/C20H18N2OS/c23-19(17-6-5-14-3-1-2-4-16(14)13-17)22-18-9-7-15(8-10-18)20-21-11-12-24-20/h5-13H,1-4H2,(H,22,23). The second kappa shape index (κ2) is 6.57. The number of fused-ring (bicyclic) bond motifs is 1. The summed E-state index contributed by atoms with van der Waals surface area (Å²) >= 11 is 1.61. The van der Waals surface area contributed by atoms with Crippen LogP contribution >= 0.6 is 11.3 Å². The van der Waals surface area contributed by atoms with Crippen LogP contribution in [0.3, 0.4) is 0 Å². The van der Waals surface area contributed by atoms with Crippen LogP contribution in [0.5, 0.6) is 0 Å². The van der Waals surface area contributed by atoms with Crippen molar-refractivity contribution in [2.75, 3.05) is 5.32 Å². The van der Waals surface area contributed by atoms with Crippen molar-refractivity contribution in [1.29, 1.82) is 0 Å². The molecule has 3 nitrogen and oxygen atoms in total. The predicted molar refractivity (Wildman–Crippen MR) is 98.6 cm³/mol. The van der Waals surface area contributed by atoms with Crippen LogP contribution in [0.2, 0.25) is 0 Å². The molecule has 120 valence electrons. The molecule has 24 heavy (non-hydrogen) atoms. The minimum atomic E-state index is -0.0506. The smallest absolute Gasteiger partial charge is 0.255 e. The van der Waals surface area contributed by atoms with Gasteiger partial charge in [0.25, 0.3) is 5.91 Å². The van der Waals surface area contributed by atoms with Crippen molar-refractivity contribution >= 4 is 22.9 Å². The van der Waals surface area contributed by atoms with Crippen LogP contribution in [0.4, 0.5) is 5.69 Å². The third-order valence-corrected chi connectivity index (χ3v) is 5.25. The zero-order chi connectivity index (χ0) is 16.4. The molecule has 0 saturated heterocycles. The van der Waals surface area contributed by atoms with E-state index < -0.39 is 0 Å². The normalized spacial score (nSPS) is 13.3. The third kappa shape index (κ3) is 3.10. The fraction of sp³-hybridized carbons (Fsp3) is 0.200. The number of anilines is 1. The average molecular weight is 334 g/mol. The van der Waals surface area contributed by atoms with Gasteiger partial charge in [0.05, 0.1) is 0 Å². The van der Waals surface area contributed by atoms with Crippen LogP contribution < -0.4 is 5.32 Å². The Morgan fingerprint density at radius 2 is 1.79 bits per heavy atom. The van der Waals surface area contributed by atoms with Crippen molar-refractivity contribution in [3.63, 3.8) is 0 Å². The summed E-state index contributed by atoms with van der Waals surface area (Å²) in [5.41, 5.74) is 5.33. The van der Waals surface area contributed by atoms with Crippen molar-refractivity contribution in [2.45, 2.75) is 25.7 Å². The average Bonchev–Trinajstić information content (AvgIpc) is 3.16. The maximum atomic E-state index is 12.5. The quantitative estimate of drug-likeness (QED) is 0.737. The molecule has 1 aromatic heterocycles. The summed E-state index contributed by atoms with van der Waals surface area (Å²) < 4.78 is 0. The molecule has 0 unspecified atom stereocenters. The summed E-state index contributed by atoms with van der Waals surface area (Å²) in [6.45, 7) is 0. The molecule has 0 spiro atoms. The molecule has 0 bridgehead atoms. The molecule has 1 heterocycles. The van der Waals surface area contributed by atoms with Gasteiger partial charge in [-0.05, 0) is 73.2 Å². The van der Waals surface area contributed by atoms with Crippen LogP contribution in [-0.2, 0) is 12.8 Å². The van der Waals surface area contributed by atoms with Crippen molar-refractivity contribution in [2.24, 2.45) is 0 Å². The van der Waals surface area contributed by atoms with Crippen LogP contribution in [0.15, 0.2) is 54.0 Å². The first-order valence-corrected chi connectivity index (χ1v) is 9.11. The number of aromatic nitrogens is 1. The number of nitrogens with zero attached hydrogens (tertiary/aromatic N) is 1. The molecule has 1 N–H and O–H groups in total. The van der Waals surface area contributed by atoms with Gasteiger partial charge in [-0.25, -0.2) is 4.98 Å². The summed E-state index contributed by atoms with van der Waals surface area (Å²) in [5, 5.41) is 5.93. The van der Waals surface area contributed by atoms with E-state index in [1.54, 1.807) is 17.5 Å². The number of carbonyl (C=O) groups is 1. The molecule has 4 rings (SSSR count). The van der Waals surface area contributed by atoms with E-state index >= 15 is 0 Å². The Labute approximate surface area is 145 Å². The Balaban J connectivity index is 1.49. The van der Waals surface area contributed by atoms with Gasteiger partial charge >= 0.3 is 0 Å².